The Morgan fingerprint density at radius 2 is 1.20 bits per heavy atom. The van der Waals surface area contributed by atoms with E-state index in [1.807, 2.05) is 6.92 Å². The van der Waals surface area contributed by atoms with E-state index in [9.17, 15) is 32.9 Å². The van der Waals surface area contributed by atoms with Crippen molar-refractivity contribution >= 4 is 26.0 Å². The van der Waals surface area contributed by atoms with E-state index in [0.717, 1.165) is 12.8 Å². The second kappa shape index (κ2) is 11.2. The lowest BCUT2D eigenvalue weighted by atomic mass is 9.85. The van der Waals surface area contributed by atoms with E-state index in [0.29, 0.717) is 12.8 Å². The summed E-state index contributed by atoms with van der Waals surface area (Å²) in [6.07, 6.45) is -11.5. The topological polar surface area (TPSA) is 247 Å². The molecule has 0 aromatic heterocycles. The average Bonchev–Trinajstić information content (AvgIpc) is 2.58. The van der Waals surface area contributed by atoms with Crippen molar-refractivity contribution < 1.29 is 69.9 Å². The fourth-order valence-corrected chi connectivity index (χ4v) is 4.71. The van der Waals surface area contributed by atoms with E-state index in [1.165, 1.54) is 0 Å². The van der Waals surface area contributed by atoms with Crippen LogP contribution in [0, 0.1) is 0 Å². The summed E-state index contributed by atoms with van der Waals surface area (Å²) in [6.45, 7) is 1.61. The molecule has 6 atom stereocenters. The van der Waals surface area contributed by atoms with Gasteiger partial charge in [-0.1, -0.05) is 26.2 Å². The smallest absolute Gasteiger partial charge is 0.387 e. The molecule has 0 aliphatic heterocycles. The molecule has 0 amide bonds. The third-order valence-electron chi connectivity index (χ3n) is 3.99. The molecule has 0 bridgehead atoms. The summed E-state index contributed by atoms with van der Waals surface area (Å²) >= 11 is 0. The number of rotatable bonds is 12. The molecule has 0 spiro atoms. The highest BCUT2D eigenvalue weighted by molar-refractivity contribution is 7.81. The SMILES string of the molecule is CCCCCCOS(=O)(=O)OC1[C@H](O)[C@H](OP(=O)(O)O)C(O)[C@H](OP(=O)(O)O)[C@H]1O. The van der Waals surface area contributed by atoms with Gasteiger partial charge in [0.05, 0.1) is 6.61 Å². The average molecular weight is 504 g/mol. The summed E-state index contributed by atoms with van der Waals surface area (Å²) < 4.78 is 63.5. The zero-order chi connectivity index (χ0) is 23.3. The van der Waals surface area contributed by atoms with Gasteiger partial charge >= 0.3 is 26.0 Å². The molecule has 180 valence electrons. The fourth-order valence-electron chi connectivity index (χ4n) is 2.70. The molecule has 1 aliphatic rings. The highest BCUT2D eigenvalue weighted by atomic mass is 32.3. The number of unbranched alkanes of at least 4 members (excludes halogenated alkanes) is 3. The Kier molecular flexibility index (Phi) is 10.5. The Bertz CT molecular complexity index is 694. The second-order valence-corrected chi connectivity index (χ2v) is 10.1. The van der Waals surface area contributed by atoms with Crippen molar-refractivity contribution in [2.45, 2.75) is 69.2 Å². The number of aliphatic hydroxyl groups excluding tert-OH is 3. The molecule has 7 N–H and O–H groups in total. The van der Waals surface area contributed by atoms with Crippen molar-refractivity contribution in [3.63, 3.8) is 0 Å². The highest BCUT2D eigenvalue weighted by Crippen LogP contribution is 2.46. The Labute approximate surface area is 172 Å². The first-order chi connectivity index (χ1) is 13.6. The first-order valence-corrected chi connectivity index (χ1v) is 13.1. The summed E-state index contributed by atoms with van der Waals surface area (Å²) in [6, 6.07) is 0. The number of hydrogen-bond donors (Lipinski definition) is 7. The van der Waals surface area contributed by atoms with Gasteiger partial charge in [0.2, 0.25) is 0 Å². The molecule has 18 heteroatoms. The predicted octanol–water partition coefficient (Wildman–Crippen LogP) is -1.73. The maximum absolute atomic E-state index is 12.0. The fraction of sp³-hybridized carbons (Fsp3) is 1.00. The summed E-state index contributed by atoms with van der Waals surface area (Å²) in [5, 5.41) is 30.4. The van der Waals surface area contributed by atoms with E-state index in [1.54, 1.807) is 0 Å². The van der Waals surface area contributed by atoms with Crippen molar-refractivity contribution in [3.8, 4) is 0 Å². The number of aliphatic hydroxyl groups is 3. The zero-order valence-electron chi connectivity index (χ0n) is 15.7. The molecule has 0 radical (unpaired) electrons. The normalized spacial score (nSPS) is 31.1. The molecule has 30 heavy (non-hydrogen) atoms. The Balaban J connectivity index is 3.05. The molecule has 0 saturated heterocycles. The van der Waals surface area contributed by atoms with Crippen LogP contribution in [0.2, 0.25) is 0 Å². The van der Waals surface area contributed by atoms with E-state index < -0.39 is 62.7 Å². The quantitative estimate of drug-likeness (QED) is 0.115. The van der Waals surface area contributed by atoms with E-state index >= 15 is 0 Å². The van der Waals surface area contributed by atoms with Crippen LogP contribution in [-0.2, 0) is 36.9 Å². The first kappa shape index (κ1) is 28.0. The van der Waals surface area contributed by atoms with Gasteiger partial charge < -0.3 is 34.9 Å². The van der Waals surface area contributed by atoms with Crippen molar-refractivity contribution in [3.05, 3.63) is 0 Å². The summed E-state index contributed by atoms with van der Waals surface area (Å²) in [4.78, 5) is 35.7. The van der Waals surface area contributed by atoms with E-state index in [-0.39, 0.29) is 6.61 Å². The monoisotopic (exact) mass is 504 g/mol. The summed E-state index contributed by atoms with van der Waals surface area (Å²) in [7, 11) is -15.7. The Hall–Kier alpha value is -0.0300. The maximum atomic E-state index is 12.0. The summed E-state index contributed by atoms with van der Waals surface area (Å²) in [5.41, 5.74) is 0. The number of phosphoric ester groups is 2. The van der Waals surface area contributed by atoms with Crippen LogP contribution in [0.5, 0.6) is 0 Å². The summed E-state index contributed by atoms with van der Waals surface area (Å²) in [5.74, 6) is 0. The Morgan fingerprint density at radius 3 is 1.60 bits per heavy atom. The molecule has 0 aromatic rings. The molecule has 1 rings (SSSR count). The van der Waals surface area contributed by atoms with Gasteiger partial charge in [0.1, 0.15) is 36.6 Å². The molecule has 1 fully saturated rings. The number of hydrogen-bond acceptors (Lipinski definition) is 11. The van der Waals surface area contributed by atoms with Crippen LogP contribution in [-0.4, -0.2) is 86.5 Å². The van der Waals surface area contributed by atoms with Gasteiger partial charge in [-0.2, -0.15) is 8.42 Å². The minimum Gasteiger partial charge on any atom is -0.387 e. The van der Waals surface area contributed by atoms with E-state index in [4.69, 9.17) is 19.6 Å². The van der Waals surface area contributed by atoms with E-state index in [2.05, 4.69) is 17.4 Å². The van der Waals surface area contributed by atoms with Crippen molar-refractivity contribution in [2.75, 3.05) is 6.61 Å². The molecular formula is C12H26O15P2S. The van der Waals surface area contributed by atoms with Gasteiger partial charge in [-0.25, -0.2) is 17.5 Å². The largest absolute Gasteiger partial charge is 0.470 e. The van der Waals surface area contributed by atoms with Gasteiger partial charge in [-0.15, -0.1) is 0 Å². The van der Waals surface area contributed by atoms with Crippen LogP contribution >= 0.6 is 15.6 Å². The molecule has 1 saturated carbocycles. The van der Waals surface area contributed by atoms with Crippen LogP contribution in [0.1, 0.15) is 32.6 Å². The Morgan fingerprint density at radius 1 is 0.767 bits per heavy atom. The van der Waals surface area contributed by atoms with Crippen molar-refractivity contribution in [1.82, 2.24) is 0 Å². The molecule has 0 heterocycles. The maximum Gasteiger partial charge on any atom is 0.470 e. The standard InChI is InChI=1S/C12H26O15P2S/c1-2-3-4-5-6-24-30(22,23)27-12-8(14)10(25-28(16,17)18)7(13)11(9(12)15)26-29(19,20)21/h7-15H,2-6H2,1H3,(H2,16,17,18)(H2,19,20,21)/t7?,8-,9-,10-,11+,12?/m1/s1. The number of phosphoric acid groups is 2. The van der Waals surface area contributed by atoms with Gasteiger partial charge in [-0.3, -0.25) is 9.05 Å². The highest BCUT2D eigenvalue weighted by Gasteiger charge is 2.56. The minimum atomic E-state index is -5.40. The lowest BCUT2D eigenvalue weighted by Gasteiger charge is -2.43. The van der Waals surface area contributed by atoms with Crippen LogP contribution in [0.25, 0.3) is 0 Å². The minimum absolute atomic E-state index is 0.311. The second-order valence-electron chi connectivity index (χ2n) is 6.44. The van der Waals surface area contributed by atoms with Gasteiger partial charge in [0, 0.05) is 0 Å². The molecule has 15 nitrogen and oxygen atoms in total. The van der Waals surface area contributed by atoms with Gasteiger partial charge in [0.25, 0.3) is 0 Å². The molecular weight excluding hydrogens is 478 g/mol. The van der Waals surface area contributed by atoms with Gasteiger partial charge in [-0.05, 0) is 6.42 Å². The van der Waals surface area contributed by atoms with Gasteiger partial charge in [0.15, 0.2) is 0 Å². The van der Waals surface area contributed by atoms with Crippen molar-refractivity contribution in [2.24, 2.45) is 0 Å². The zero-order valence-corrected chi connectivity index (χ0v) is 18.3. The first-order valence-electron chi connectivity index (χ1n) is 8.67. The van der Waals surface area contributed by atoms with Crippen LogP contribution < -0.4 is 0 Å². The third kappa shape index (κ3) is 9.22. The molecule has 0 aromatic carbocycles. The third-order valence-corrected chi connectivity index (χ3v) is 5.94. The van der Waals surface area contributed by atoms with Crippen LogP contribution in [0.4, 0.5) is 0 Å². The van der Waals surface area contributed by atoms with Crippen LogP contribution in [0.3, 0.4) is 0 Å². The van der Waals surface area contributed by atoms with Crippen LogP contribution in [0.15, 0.2) is 0 Å². The predicted molar refractivity (Wildman–Crippen MR) is 95.7 cm³/mol. The lowest BCUT2D eigenvalue weighted by Crippen LogP contribution is -2.65. The molecule has 1 aliphatic carbocycles. The lowest BCUT2D eigenvalue weighted by molar-refractivity contribution is -0.210. The van der Waals surface area contributed by atoms with Crippen molar-refractivity contribution in [1.29, 1.82) is 0 Å². The molecule has 2 unspecified atom stereocenters.